The predicted molar refractivity (Wildman–Crippen MR) is 72.9 cm³/mol. The van der Waals surface area contributed by atoms with Gasteiger partial charge in [-0.15, -0.1) is 0 Å². The number of carbonyl (C=O) groups is 2. The number of methoxy groups -OCH3 is 1. The summed E-state index contributed by atoms with van der Waals surface area (Å²) >= 11 is 0. The molecule has 0 radical (unpaired) electrons. The molecule has 20 heavy (non-hydrogen) atoms. The van der Waals surface area contributed by atoms with Crippen LogP contribution >= 0.6 is 0 Å². The van der Waals surface area contributed by atoms with E-state index in [9.17, 15) is 9.59 Å². The first-order valence-corrected chi connectivity index (χ1v) is 7.31. The summed E-state index contributed by atoms with van der Waals surface area (Å²) in [5.74, 6) is -0.228. The predicted octanol–water partition coefficient (Wildman–Crippen LogP) is 0.342. The van der Waals surface area contributed by atoms with Gasteiger partial charge in [0.05, 0.1) is 19.8 Å². The van der Waals surface area contributed by atoms with E-state index in [4.69, 9.17) is 15.2 Å². The molecule has 2 fully saturated rings. The van der Waals surface area contributed by atoms with Crippen LogP contribution in [-0.2, 0) is 19.1 Å². The van der Waals surface area contributed by atoms with Gasteiger partial charge >= 0.3 is 5.97 Å². The lowest BCUT2D eigenvalue weighted by Crippen LogP contribution is -2.53. The van der Waals surface area contributed by atoms with Gasteiger partial charge in [-0.05, 0) is 25.2 Å². The van der Waals surface area contributed by atoms with Crippen LogP contribution < -0.4 is 11.1 Å². The van der Waals surface area contributed by atoms with Gasteiger partial charge in [0.25, 0.3) is 0 Å². The number of nitrogens with two attached hydrogens (primary N) is 1. The molecule has 2 atom stereocenters. The summed E-state index contributed by atoms with van der Waals surface area (Å²) in [7, 11) is 1.37. The second kappa shape index (κ2) is 6.54. The summed E-state index contributed by atoms with van der Waals surface area (Å²) in [5.41, 5.74) is 4.74. The van der Waals surface area contributed by atoms with Crippen LogP contribution in [0, 0.1) is 5.92 Å². The van der Waals surface area contributed by atoms with Gasteiger partial charge in [0.2, 0.25) is 5.91 Å². The van der Waals surface area contributed by atoms with E-state index < -0.39 is 5.54 Å². The Hall–Kier alpha value is -1.14. The third-order valence-electron chi connectivity index (χ3n) is 4.31. The van der Waals surface area contributed by atoms with Crippen LogP contribution in [0.1, 0.15) is 38.5 Å². The van der Waals surface area contributed by atoms with Gasteiger partial charge in [0.1, 0.15) is 5.54 Å². The number of ether oxygens (including phenoxy) is 2. The maximum Gasteiger partial charge on any atom is 0.331 e. The maximum atomic E-state index is 12.2. The van der Waals surface area contributed by atoms with Crippen molar-refractivity contribution >= 4 is 11.9 Å². The van der Waals surface area contributed by atoms with Crippen molar-refractivity contribution in [2.75, 3.05) is 20.3 Å². The highest BCUT2D eigenvalue weighted by atomic mass is 16.5. The molecule has 6 heteroatoms. The summed E-state index contributed by atoms with van der Waals surface area (Å²) in [6.45, 7) is 1.06. The molecule has 3 N–H and O–H groups in total. The first-order valence-electron chi connectivity index (χ1n) is 7.31. The molecule has 1 saturated carbocycles. The SMILES string of the molecule is COC(=O)C1(NC(=O)CC2COC(CN)C2)CCCC1. The highest BCUT2D eigenvalue weighted by molar-refractivity contribution is 5.88. The van der Waals surface area contributed by atoms with Crippen molar-refractivity contribution < 1.29 is 19.1 Å². The molecule has 2 aliphatic rings. The smallest absolute Gasteiger partial charge is 0.331 e. The van der Waals surface area contributed by atoms with Crippen LogP contribution in [0.3, 0.4) is 0 Å². The zero-order valence-corrected chi connectivity index (χ0v) is 12.0. The van der Waals surface area contributed by atoms with Crippen molar-refractivity contribution in [3.8, 4) is 0 Å². The second-order valence-corrected chi connectivity index (χ2v) is 5.83. The Bertz CT molecular complexity index is 366. The van der Waals surface area contributed by atoms with Crippen LogP contribution in [0.2, 0.25) is 0 Å². The third kappa shape index (κ3) is 3.30. The minimum Gasteiger partial charge on any atom is -0.467 e. The Labute approximate surface area is 119 Å². The van der Waals surface area contributed by atoms with E-state index >= 15 is 0 Å². The molecule has 1 aliphatic carbocycles. The molecule has 0 aromatic heterocycles. The number of rotatable bonds is 5. The van der Waals surface area contributed by atoms with Gasteiger partial charge in [-0.25, -0.2) is 4.79 Å². The zero-order chi connectivity index (χ0) is 14.6. The molecule has 1 heterocycles. The fourth-order valence-corrected chi connectivity index (χ4v) is 3.22. The molecule has 0 aromatic carbocycles. The standard InChI is InChI=1S/C14H24N2O4/c1-19-13(18)14(4-2-3-5-14)16-12(17)7-10-6-11(8-15)20-9-10/h10-11H,2-9,15H2,1H3,(H,16,17). The molecule has 114 valence electrons. The van der Waals surface area contributed by atoms with E-state index in [2.05, 4.69) is 5.32 Å². The van der Waals surface area contributed by atoms with Crippen molar-refractivity contribution in [2.24, 2.45) is 11.7 Å². The first kappa shape index (κ1) is 15.3. The Balaban J connectivity index is 1.88. The van der Waals surface area contributed by atoms with Crippen molar-refractivity contribution in [1.29, 1.82) is 0 Å². The van der Waals surface area contributed by atoms with Crippen LogP contribution in [0.25, 0.3) is 0 Å². The van der Waals surface area contributed by atoms with Gasteiger partial charge in [0.15, 0.2) is 0 Å². The van der Waals surface area contributed by atoms with Crippen molar-refractivity contribution in [2.45, 2.75) is 50.2 Å². The second-order valence-electron chi connectivity index (χ2n) is 5.83. The van der Waals surface area contributed by atoms with Gasteiger partial charge in [0, 0.05) is 13.0 Å². The largest absolute Gasteiger partial charge is 0.467 e. The highest BCUT2D eigenvalue weighted by Crippen LogP contribution is 2.31. The molecule has 0 bridgehead atoms. The van der Waals surface area contributed by atoms with Gasteiger partial charge in [-0.1, -0.05) is 12.8 Å². The summed E-state index contributed by atoms with van der Waals surface area (Å²) < 4.78 is 10.3. The summed E-state index contributed by atoms with van der Waals surface area (Å²) in [5, 5.41) is 2.90. The first-order chi connectivity index (χ1) is 9.59. The Morgan fingerprint density at radius 1 is 1.40 bits per heavy atom. The molecule has 1 amide bonds. The molecular formula is C14H24N2O4. The number of nitrogens with one attached hydrogen (secondary N) is 1. The molecule has 6 nitrogen and oxygen atoms in total. The average molecular weight is 284 g/mol. The quantitative estimate of drug-likeness (QED) is 0.711. The highest BCUT2D eigenvalue weighted by Gasteiger charge is 2.43. The molecule has 1 aliphatic heterocycles. The number of esters is 1. The Kier molecular flexibility index (Phi) is 4.99. The molecule has 1 saturated heterocycles. The third-order valence-corrected chi connectivity index (χ3v) is 4.31. The maximum absolute atomic E-state index is 12.2. The fourth-order valence-electron chi connectivity index (χ4n) is 3.22. The van der Waals surface area contributed by atoms with E-state index in [0.717, 1.165) is 19.3 Å². The minimum absolute atomic E-state index is 0.0637. The van der Waals surface area contributed by atoms with Crippen LogP contribution in [0.15, 0.2) is 0 Å². The van der Waals surface area contributed by atoms with Gasteiger partial charge < -0.3 is 20.5 Å². The lowest BCUT2D eigenvalue weighted by Gasteiger charge is -2.27. The van der Waals surface area contributed by atoms with Gasteiger partial charge in [-0.2, -0.15) is 0 Å². The number of amides is 1. The number of hydrogen-bond acceptors (Lipinski definition) is 5. The van der Waals surface area contributed by atoms with E-state index in [1.54, 1.807) is 0 Å². The van der Waals surface area contributed by atoms with Crippen LogP contribution in [-0.4, -0.2) is 43.8 Å². The van der Waals surface area contributed by atoms with Crippen LogP contribution in [0.4, 0.5) is 0 Å². The van der Waals surface area contributed by atoms with Crippen LogP contribution in [0.5, 0.6) is 0 Å². The fraction of sp³-hybridized carbons (Fsp3) is 0.857. The lowest BCUT2D eigenvalue weighted by atomic mass is 9.95. The summed E-state index contributed by atoms with van der Waals surface area (Å²) in [4.78, 5) is 24.1. The monoisotopic (exact) mass is 284 g/mol. The Morgan fingerprint density at radius 3 is 2.65 bits per heavy atom. The van der Waals surface area contributed by atoms with E-state index in [-0.39, 0.29) is 23.9 Å². The van der Waals surface area contributed by atoms with E-state index in [1.807, 2.05) is 0 Å². The average Bonchev–Trinajstić information content (AvgIpc) is 3.07. The summed E-state index contributed by atoms with van der Waals surface area (Å²) in [6, 6.07) is 0. The molecule has 0 aromatic rings. The van der Waals surface area contributed by atoms with Crippen molar-refractivity contribution in [3.63, 3.8) is 0 Å². The molecule has 2 rings (SSSR count). The summed E-state index contributed by atoms with van der Waals surface area (Å²) in [6.07, 6.45) is 4.48. The normalized spacial score (nSPS) is 28.3. The minimum atomic E-state index is -0.807. The molecular weight excluding hydrogens is 260 g/mol. The topological polar surface area (TPSA) is 90.6 Å². The Morgan fingerprint density at radius 2 is 2.10 bits per heavy atom. The van der Waals surface area contributed by atoms with Crippen molar-refractivity contribution in [1.82, 2.24) is 5.32 Å². The van der Waals surface area contributed by atoms with Crippen molar-refractivity contribution in [3.05, 3.63) is 0 Å². The van der Waals surface area contributed by atoms with E-state index in [1.165, 1.54) is 7.11 Å². The van der Waals surface area contributed by atoms with Gasteiger partial charge in [-0.3, -0.25) is 4.79 Å². The number of hydrogen-bond donors (Lipinski definition) is 2. The molecule has 2 unspecified atom stereocenters. The zero-order valence-electron chi connectivity index (χ0n) is 12.0. The molecule has 0 spiro atoms. The number of carbonyl (C=O) groups excluding carboxylic acids is 2. The lowest BCUT2D eigenvalue weighted by molar-refractivity contribution is -0.150. The van der Waals surface area contributed by atoms with E-state index in [0.29, 0.717) is 32.4 Å².